The van der Waals surface area contributed by atoms with Gasteiger partial charge in [-0.05, 0) is 61.4 Å². The van der Waals surface area contributed by atoms with Gasteiger partial charge in [-0.3, -0.25) is 4.79 Å². The second-order valence-electron chi connectivity index (χ2n) is 7.11. The first-order chi connectivity index (χ1) is 14.6. The van der Waals surface area contributed by atoms with Crippen LogP contribution in [0, 0.1) is 19.7 Å². The number of hydrogen-bond acceptors (Lipinski definition) is 3. The fourth-order valence-electron chi connectivity index (χ4n) is 3.34. The highest BCUT2D eigenvalue weighted by molar-refractivity contribution is 5.93. The molecule has 0 unspecified atom stereocenters. The molecule has 0 saturated heterocycles. The fraction of sp³-hybridized carbons (Fsp3) is 0.190. The van der Waals surface area contributed by atoms with E-state index in [2.05, 4.69) is 20.6 Å². The highest BCUT2D eigenvalue weighted by Crippen LogP contribution is 2.32. The van der Waals surface area contributed by atoms with Crippen LogP contribution in [0.1, 0.15) is 33.0 Å². The van der Waals surface area contributed by atoms with Gasteiger partial charge in [0.25, 0.3) is 5.91 Å². The number of H-pyrrole nitrogens is 1. The number of benzene rings is 2. The third kappa shape index (κ3) is 3.88. The number of carbonyl (C=O) groups excluding carboxylic acids is 1. The Hall–Kier alpha value is -3.69. The van der Waals surface area contributed by atoms with Crippen LogP contribution in [0.2, 0.25) is 0 Å². The van der Waals surface area contributed by atoms with E-state index >= 15 is 0 Å². The molecule has 2 aromatic carbocycles. The second kappa shape index (κ2) is 7.53. The van der Waals surface area contributed by atoms with Gasteiger partial charge in [-0.1, -0.05) is 11.3 Å². The number of amides is 1. The van der Waals surface area contributed by atoms with Gasteiger partial charge >= 0.3 is 6.18 Å². The average Bonchev–Trinajstić information content (AvgIpc) is 3.29. The normalized spacial score (nSPS) is 11.8. The number of halogens is 4. The molecular weight excluding hydrogens is 414 g/mol. The van der Waals surface area contributed by atoms with Crippen LogP contribution in [0.5, 0.6) is 0 Å². The van der Waals surface area contributed by atoms with Crippen LogP contribution in [0.4, 0.5) is 17.6 Å². The van der Waals surface area contributed by atoms with Crippen LogP contribution in [-0.4, -0.2) is 25.9 Å². The predicted octanol–water partition coefficient (Wildman–Crippen LogP) is 4.45. The molecule has 2 heterocycles. The summed E-state index contributed by atoms with van der Waals surface area (Å²) in [6, 6.07) is 9.74. The Morgan fingerprint density at radius 2 is 1.84 bits per heavy atom. The zero-order valence-corrected chi connectivity index (χ0v) is 16.5. The molecule has 0 bridgehead atoms. The van der Waals surface area contributed by atoms with Gasteiger partial charge in [0, 0.05) is 23.1 Å². The molecule has 160 valence electrons. The van der Waals surface area contributed by atoms with Gasteiger partial charge in [0.15, 0.2) is 11.4 Å². The Balaban J connectivity index is 1.61. The summed E-state index contributed by atoms with van der Waals surface area (Å²) in [5.74, 6) is -1.62. The molecule has 0 aliphatic rings. The third-order valence-electron chi connectivity index (χ3n) is 5.05. The van der Waals surface area contributed by atoms with Crippen molar-refractivity contribution in [2.75, 3.05) is 0 Å². The van der Waals surface area contributed by atoms with Crippen LogP contribution < -0.4 is 5.32 Å². The van der Waals surface area contributed by atoms with Crippen molar-refractivity contribution in [3.63, 3.8) is 0 Å². The lowest BCUT2D eigenvalue weighted by molar-refractivity contribution is -0.143. The lowest BCUT2D eigenvalue weighted by Crippen LogP contribution is -2.27. The van der Waals surface area contributed by atoms with Gasteiger partial charge < -0.3 is 10.3 Å². The van der Waals surface area contributed by atoms with E-state index in [4.69, 9.17) is 0 Å². The molecular formula is C21H17F4N5O. The van der Waals surface area contributed by atoms with Crippen molar-refractivity contribution in [1.29, 1.82) is 0 Å². The second-order valence-corrected chi connectivity index (χ2v) is 7.11. The van der Waals surface area contributed by atoms with Crippen molar-refractivity contribution in [3.05, 3.63) is 76.5 Å². The molecule has 1 amide bonds. The van der Waals surface area contributed by atoms with E-state index in [9.17, 15) is 22.4 Å². The molecule has 0 radical (unpaired) electrons. The summed E-state index contributed by atoms with van der Waals surface area (Å²) in [6.45, 7) is 3.92. The van der Waals surface area contributed by atoms with E-state index in [-0.39, 0.29) is 12.2 Å². The molecule has 0 saturated carbocycles. The van der Waals surface area contributed by atoms with E-state index in [1.54, 1.807) is 6.07 Å². The Morgan fingerprint density at radius 3 is 2.52 bits per heavy atom. The summed E-state index contributed by atoms with van der Waals surface area (Å²) < 4.78 is 54.7. The largest absolute Gasteiger partial charge is 0.435 e. The Kier molecular flexibility index (Phi) is 5.00. The smallest absolute Gasteiger partial charge is 0.358 e. The number of aromatic amines is 1. The molecule has 0 aliphatic heterocycles. The molecule has 0 fully saturated rings. The minimum absolute atomic E-state index is 0.0130. The first kappa shape index (κ1) is 20.6. The number of nitrogens with zero attached hydrogens (tertiary/aromatic N) is 3. The molecule has 2 N–H and O–H groups in total. The van der Waals surface area contributed by atoms with Crippen LogP contribution in [0.15, 0.2) is 42.5 Å². The highest BCUT2D eigenvalue weighted by atomic mass is 19.4. The maximum Gasteiger partial charge on any atom is 0.435 e. The number of hydrogen-bond donors (Lipinski definition) is 2. The minimum atomic E-state index is -4.90. The maximum absolute atomic E-state index is 13.7. The topological polar surface area (TPSA) is 75.6 Å². The summed E-state index contributed by atoms with van der Waals surface area (Å²) in [5, 5.41) is 10.4. The molecule has 6 nitrogen and oxygen atoms in total. The number of fused-ring (bicyclic) bond motifs is 1. The maximum atomic E-state index is 13.7. The quantitative estimate of drug-likeness (QED) is 0.469. The van der Waals surface area contributed by atoms with Crippen LogP contribution in [0.3, 0.4) is 0 Å². The molecule has 10 heteroatoms. The van der Waals surface area contributed by atoms with Gasteiger partial charge in [-0.25, -0.2) is 9.07 Å². The lowest BCUT2D eigenvalue weighted by Gasteiger charge is -2.11. The fourth-order valence-corrected chi connectivity index (χ4v) is 3.34. The summed E-state index contributed by atoms with van der Waals surface area (Å²) >= 11 is 0. The number of alkyl halides is 3. The summed E-state index contributed by atoms with van der Waals surface area (Å²) in [6.07, 6.45) is -4.90. The van der Waals surface area contributed by atoms with Crippen molar-refractivity contribution < 1.29 is 22.4 Å². The highest BCUT2D eigenvalue weighted by Gasteiger charge is 2.42. The Morgan fingerprint density at radius 1 is 1.13 bits per heavy atom. The van der Waals surface area contributed by atoms with Crippen LogP contribution >= 0.6 is 0 Å². The van der Waals surface area contributed by atoms with Crippen molar-refractivity contribution in [2.24, 2.45) is 0 Å². The number of rotatable bonds is 4. The monoisotopic (exact) mass is 431 g/mol. The Labute approximate surface area is 173 Å². The zero-order valence-electron chi connectivity index (χ0n) is 16.5. The Bertz CT molecular complexity index is 1270. The number of aryl methyl sites for hydroxylation is 2. The van der Waals surface area contributed by atoms with E-state index in [1.165, 1.54) is 0 Å². The summed E-state index contributed by atoms with van der Waals surface area (Å²) in [5.41, 5.74) is 1.49. The van der Waals surface area contributed by atoms with Gasteiger partial charge in [-0.15, -0.1) is 5.10 Å². The van der Waals surface area contributed by atoms with Crippen molar-refractivity contribution in [1.82, 2.24) is 25.3 Å². The zero-order chi connectivity index (χ0) is 22.3. The SMILES string of the molecule is Cc1[nH]c2ccc(CNC(=O)c3nnn(-c4ccc(F)cc4)c3C(F)(F)F)cc2c1C. The number of aromatic nitrogens is 4. The summed E-state index contributed by atoms with van der Waals surface area (Å²) in [4.78, 5) is 15.8. The van der Waals surface area contributed by atoms with Gasteiger partial charge in [0.1, 0.15) is 5.82 Å². The molecule has 4 aromatic rings. The van der Waals surface area contributed by atoms with Gasteiger partial charge in [-0.2, -0.15) is 13.2 Å². The standard InChI is InChI=1S/C21H17F4N5O/c1-11-12(2)27-17-8-3-13(9-16(11)17)10-26-20(31)18-19(21(23,24)25)30(29-28-18)15-6-4-14(22)5-7-15/h3-9,27H,10H2,1-2H3,(H,26,31). The van der Waals surface area contributed by atoms with E-state index in [0.717, 1.165) is 52.0 Å². The van der Waals surface area contributed by atoms with Crippen molar-refractivity contribution >= 4 is 16.8 Å². The molecule has 0 aliphatic carbocycles. The lowest BCUT2D eigenvalue weighted by atomic mass is 10.1. The first-order valence-electron chi connectivity index (χ1n) is 9.30. The molecule has 0 spiro atoms. The van der Waals surface area contributed by atoms with E-state index in [1.807, 2.05) is 26.0 Å². The van der Waals surface area contributed by atoms with Crippen LogP contribution in [0.25, 0.3) is 16.6 Å². The molecule has 0 atom stereocenters. The van der Waals surface area contributed by atoms with Crippen LogP contribution in [-0.2, 0) is 12.7 Å². The van der Waals surface area contributed by atoms with Gasteiger partial charge in [0.05, 0.1) is 5.69 Å². The van der Waals surface area contributed by atoms with E-state index < -0.39 is 29.3 Å². The molecule has 31 heavy (non-hydrogen) atoms. The average molecular weight is 431 g/mol. The van der Waals surface area contributed by atoms with Crippen molar-refractivity contribution in [3.8, 4) is 5.69 Å². The number of carbonyl (C=O) groups is 1. The van der Waals surface area contributed by atoms with E-state index in [0.29, 0.717) is 4.68 Å². The molecule has 2 aromatic heterocycles. The predicted molar refractivity (Wildman–Crippen MR) is 105 cm³/mol. The summed E-state index contributed by atoms with van der Waals surface area (Å²) in [7, 11) is 0. The first-order valence-corrected chi connectivity index (χ1v) is 9.30. The molecule has 4 rings (SSSR count). The third-order valence-corrected chi connectivity index (χ3v) is 5.05. The van der Waals surface area contributed by atoms with Gasteiger partial charge in [0.2, 0.25) is 0 Å². The minimum Gasteiger partial charge on any atom is -0.358 e. The number of nitrogens with one attached hydrogen (secondary N) is 2. The van der Waals surface area contributed by atoms with Crippen molar-refractivity contribution in [2.45, 2.75) is 26.6 Å².